The number of hydrogen-bond acceptors (Lipinski definition) is 5. The third kappa shape index (κ3) is 2.05. The first-order chi connectivity index (χ1) is 8.61. The number of H-pyrrole nitrogens is 2. The molecule has 0 fully saturated rings. The van der Waals surface area contributed by atoms with Crippen molar-refractivity contribution in [3.8, 4) is 6.07 Å². The fourth-order valence-corrected chi connectivity index (χ4v) is 1.37. The van der Waals surface area contributed by atoms with Crippen molar-refractivity contribution in [2.45, 2.75) is 0 Å². The molecule has 0 aliphatic rings. The molecule has 0 bridgehead atoms. The standard InChI is InChI=1S/C10H9N7O/c11-4-8(9(12)13)16-14-5-1-2-6-7(3-5)15-17-10(6)18/h1-3,14H,(H3,12,13)(H2,15,17,18)/b16-8+. The van der Waals surface area contributed by atoms with E-state index in [4.69, 9.17) is 16.4 Å². The van der Waals surface area contributed by atoms with Crippen molar-refractivity contribution in [1.29, 1.82) is 10.7 Å². The number of benzene rings is 1. The van der Waals surface area contributed by atoms with E-state index in [-0.39, 0.29) is 11.3 Å². The molecule has 0 unspecified atom stereocenters. The number of hydrogen-bond donors (Lipinski definition) is 5. The summed E-state index contributed by atoms with van der Waals surface area (Å²) in [5.41, 5.74) is 8.49. The van der Waals surface area contributed by atoms with Gasteiger partial charge in [-0.05, 0) is 18.2 Å². The summed E-state index contributed by atoms with van der Waals surface area (Å²) in [5, 5.41) is 25.1. The van der Waals surface area contributed by atoms with Crippen molar-refractivity contribution in [3.63, 3.8) is 0 Å². The minimum Gasteiger partial charge on any atom is -0.382 e. The van der Waals surface area contributed by atoms with Crippen LogP contribution in [-0.4, -0.2) is 21.7 Å². The Morgan fingerprint density at radius 1 is 1.50 bits per heavy atom. The van der Waals surface area contributed by atoms with Crippen LogP contribution in [-0.2, 0) is 0 Å². The van der Waals surface area contributed by atoms with Crippen LogP contribution in [0.25, 0.3) is 10.9 Å². The Kier molecular flexibility index (Phi) is 2.80. The third-order valence-electron chi connectivity index (χ3n) is 2.23. The van der Waals surface area contributed by atoms with Gasteiger partial charge in [-0.15, -0.1) is 0 Å². The van der Waals surface area contributed by atoms with Crippen LogP contribution in [0.2, 0.25) is 0 Å². The van der Waals surface area contributed by atoms with Crippen LogP contribution in [0.3, 0.4) is 0 Å². The quantitative estimate of drug-likeness (QED) is 0.295. The average Bonchev–Trinajstić information content (AvgIpc) is 2.71. The first-order valence-electron chi connectivity index (χ1n) is 4.90. The molecule has 0 aliphatic carbocycles. The van der Waals surface area contributed by atoms with Gasteiger partial charge in [0.25, 0.3) is 5.56 Å². The molecule has 1 heterocycles. The molecule has 8 heteroatoms. The fourth-order valence-electron chi connectivity index (χ4n) is 1.37. The number of aromatic amines is 2. The third-order valence-corrected chi connectivity index (χ3v) is 2.23. The van der Waals surface area contributed by atoms with E-state index >= 15 is 0 Å². The van der Waals surface area contributed by atoms with Crippen LogP contribution in [0, 0.1) is 16.7 Å². The maximum atomic E-state index is 11.3. The first kappa shape index (κ1) is 11.4. The lowest BCUT2D eigenvalue weighted by Crippen LogP contribution is -2.21. The van der Waals surface area contributed by atoms with Crippen LogP contribution in [0.15, 0.2) is 28.1 Å². The molecule has 0 radical (unpaired) electrons. The lowest BCUT2D eigenvalue weighted by atomic mass is 10.2. The van der Waals surface area contributed by atoms with Crippen molar-refractivity contribution >= 4 is 28.1 Å². The minimum absolute atomic E-state index is 0.207. The molecule has 18 heavy (non-hydrogen) atoms. The number of fused-ring (bicyclic) bond motifs is 1. The van der Waals surface area contributed by atoms with Gasteiger partial charge in [0.05, 0.1) is 16.6 Å². The average molecular weight is 243 g/mol. The topological polar surface area (TPSA) is 147 Å². The lowest BCUT2D eigenvalue weighted by Gasteiger charge is -2.00. The number of nitriles is 1. The minimum atomic E-state index is -0.416. The highest BCUT2D eigenvalue weighted by Crippen LogP contribution is 2.13. The van der Waals surface area contributed by atoms with E-state index in [2.05, 4.69) is 20.7 Å². The molecule has 6 N–H and O–H groups in total. The van der Waals surface area contributed by atoms with E-state index in [9.17, 15) is 4.79 Å². The van der Waals surface area contributed by atoms with Gasteiger partial charge in [0.1, 0.15) is 6.07 Å². The summed E-state index contributed by atoms with van der Waals surface area (Å²) in [6.07, 6.45) is 0. The smallest absolute Gasteiger partial charge is 0.271 e. The Labute approximate surface area is 101 Å². The summed E-state index contributed by atoms with van der Waals surface area (Å²) in [5.74, 6) is -0.416. The molecule has 0 saturated heterocycles. The largest absolute Gasteiger partial charge is 0.382 e. The molecule has 90 valence electrons. The highest BCUT2D eigenvalue weighted by Gasteiger charge is 2.03. The van der Waals surface area contributed by atoms with Crippen LogP contribution < -0.4 is 16.7 Å². The second-order valence-electron chi connectivity index (χ2n) is 3.44. The zero-order chi connectivity index (χ0) is 13.1. The van der Waals surface area contributed by atoms with Gasteiger partial charge in [-0.25, -0.2) is 0 Å². The molecule has 2 rings (SSSR count). The van der Waals surface area contributed by atoms with Gasteiger partial charge in [0.2, 0.25) is 5.71 Å². The van der Waals surface area contributed by atoms with Gasteiger partial charge in [0.15, 0.2) is 5.84 Å². The summed E-state index contributed by atoms with van der Waals surface area (Å²) in [4.78, 5) is 11.3. The Morgan fingerprint density at radius 3 is 2.94 bits per heavy atom. The highest BCUT2D eigenvalue weighted by atomic mass is 16.1. The fraction of sp³-hybridized carbons (Fsp3) is 0. The molecule has 2 aromatic rings. The van der Waals surface area contributed by atoms with Gasteiger partial charge < -0.3 is 5.73 Å². The van der Waals surface area contributed by atoms with Crippen molar-refractivity contribution in [3.05, 3.63) is 28.6 Å². The van der Waals surface area contributed by atoms with Crippen LogP contribution in [0.4, 0.5) is 5.69 Å². The Hall–Kier alpha value is -3.08. The number of nitrogens with one attached hydrogen (secondary N) is 4. The van der Waals surface area contributed by atoms with Crippen LogP contribution >= 0.6 is 0 Å². The van der Waals surface area contributed by atoms with Crippen molar-refractivity contribution in [2.75, 3.05) is 5.43 Å². The Bertz CT molecular complexity index is 730. The van der Waals surface area contributed by atoms with E-state index in [1.54, 1.807) is 24.3 Å². The normalized spacial score (nSPS) is 11.2. The number of nitrogens with two attached hydrogens (primary N) is 1. The van der Waals surface area contributed by atoms with Crippen molar-refractivity contribution < 1.29 is 0 Å². The van der Waals surface area contributed by atoms with Gasteiger partial charge >= 0.3 is 0 Å². The van der Waals surface area contributed by atoms with Crippen molar-refractivity contribution in [2.24, 2.45) is 10.8 Å². The van der Waals surface area contributed by atoms with Gasteiger partial charge in [-0.1, -0.05) is 0 Å². The molecule has 1 aromatic heterocycles. The SMILES string of the molecule is N#C/C(=N\Nc1ccc2c(=O)[nH][nH]c2c1)C(=N)N. The number of hydrazone groups is 1. The second-order valence-corrected chi connectivity index (χ2v) is 3.44. The summed E-state index contributed by atoms with van der Waals surface area (Å²) in [7, 11) is 0. The molecule has 0 spiro atoms. The zero-order valence-corrected chi connectivity index (χ0v) is 9.11. The first-order valence-corrected chi connectivity index (χ1v) is 4.90. The molecule has 0 aliphatic heterocycles. The monoisotopic (exact) mass is 243 g/mol. The Morgan fingerprint density at radius 2 is 2.28 bits per heavy atom. The second kappa shape index (κ2) is 4.42. The summed E-state index contributed by atoms with van der Waals surface area (Å²) in [6, 6.07) is 6.57. The lowest BCUT2D eigenvalue weighted by molar-refractivity contribution is 1.08. The maximum absolute atomic E-state index is 11.3. The molecule has 8 nitrogen and oxygen atoms in total. The predicted octanol–water partition coefficient (Wildman–Crippen LogP) is 0.0836. The van der Waals surface area contributed by atoms with Crippen LogP contribution in [0.5, 0.6) is 0 Å². The van der Waals surface area contributed by atoms with Gasteiger partial charge in [-0.2, -0.15) is 10.4 Å². The molecular formula is C10H9N7O. The Balaban J connectivity index is 2.31. The summed E-state index contributed by atoms with van der Waals surface area (Å²) < 4.78 is 0. The maximum Gasteiger partial charge on any atom is 0.271 e. The summed E-state index contributed by atoms with van der Waals surface area (Å²) in [6.45, 7) is 0. The zero-order valence-electron chi connectivity index (χ0n) is 9.11. The summed E-state index contributed by atoms with van der Waals surface area (Å²) >= 11 is 0. The number of amidine groups is 1. The number of anilines is 1. The van der Waals surface area contributed by atoms with Crippen molar-refractivity contribution in [1.82, 2.24) is 10.2 Å². The van der Waals surface area contributed by atoms with E-state index in [1.165, 1.54) is 0 Å². The van der Waals surface area contributed by atoms with E-state index < -0.39 is 5.84 Å². The number of nitrogens with zero attached hydrogens (tertiary/aromatic N) is 2. The molecule has 0 amide bonds. The molecule has 0 saturated carbocycles. The van der Waals surface area contributed by atoms with Gasteiger partial charge in [0, 0.05) is 0 Å². The van der Waals surface area contributed by atoms with Gasteiger partial charge in [-0.3, -0.25) is 25.8 Å². The van der Waals surface area contributed by atoms with E-state index in [0.29, 0.717) is 16.6 Å². The number of aromatic nitrogens is 2. The highest BCUT2D eigenvalue weighted by molar-refractivity contribution is 6.45. The predicted molar refractivity (Wildman–Crippen MR) is 67.5 cm³/mol. The number of rotatable bonds is 3. The molecule has 1 aromatic carbocycles. The molecule has 0 atom stereocenters. The molecular weight excluding hydrogens is 234 g/mol. The van der Waals surface area contributed by atoms with Crippen LogP contribution in [0.1, 0.15) is 0 Å². The van der Waals surface area contributed by atoms with E-state index in [1.807, 2.05) is 0 Å². The van der Waals surface area contributed by atoms with E-state index in [0.717, 1.165) is 0 Å².